The predicted molar refractivity (Wildman–Crippen MR) is 84.7 cm³/mol. The van der Waals surface area contributed by atoms with Crippen molar-refractivity contribution in [3.05, 3.63) is 35.9 Å². The molecule has 4 N–H and O–H groups in total. The quantitative estimate of drug-likeness (QED) is 0.821. The van der Waals surface area contributed by atoms with Gasteiger partial charge in [0.2, 0.25) is 5.91 Å². The van der Waals surface area contributed by atoms with Crippen LogP contribution in [0.5, 0.6) is 0 Å². The van der Waals surface area contributed by atoms with Gasteiger partial charge in [-0.3, -0.25) is 4.79 Å². The molecule has 1 aromatic rings. The highest BCUT2D eigenvalue weighted by atomic mass is 16.1. The summed E-state index contributed by atoms with van der Waals surface area (Å²) < 4.78 is 0. The van der Waals surface area contributed by atoms with Crippen LogP contribution in [0.1, 0.15) is 18.4 Å². The monoisotopic (exact) mass is 290 g/mol. The maximum atomic E-state index is 11.9. The summed E-state index contributed by atoms with van der Waals surface area (Å²) in [6.45, 7) is 5.04. The molecule has 2 rings (SSSR count). The fourth-order valence-electron chi connectivity index (χ4n) is 2.80. The van der Waals surface area contributed by atoms with Crippen LogP contribution in [-0.2, 0) is 10.3 Å². The molecule has 0 aromatic heterocycles. The third-order valence-corrected chi connectivity index (χ3v) is 4.36. The second kappa shape index (κ2) is 7.02. The number of carbonyl (C=O) groups excluding carboxylic acids is 1. The van der Waals surface area contributed by atoms with E-state index in [0.29, 0.717) is 6.42 Å². The zero-order valence-electron chi connectivity index (χ0n) is 12.8. The summed E-state index contributed by atoms with van der Waals surface area (Å²) in [5.74, 6) is -0.458. The first kappa shape index (κ1) is 15.9. The van der Waals surface area contributed by atoms with Crippen LogP contribution in [0.25, 0.3) is 0 Å². The molecule has 1 atom stereocenters. The molecule has 5 nitrogen and oxygen atoms in total. The van der Waals surface area contributed by atoms with Crippen LogP contribution in [-0.4, -0.2) is 55.5 Å². The van der Waals surface area contributed by atoms with Crippen molar-refractivity contribution in [3.8, 4) is 0 Å². The van der Waals surface area contributed by atoms with E-state index < -0.39 is 11.4 Å². The Kier molecular flexibility index (Phi) is 5.33. The molecule has 1 unspecified atom stereocenters. The third kappa shape index (κ3) is 4.03. The Balaban J connectivity index is 2.02. The number of nitrogens with two attached hydrogens (primary N) is 2. The first-order valence-corrected chi connectivity index (χ1v) is 7.57. The number of hydrogen-bond donors (Lipinski definition) is 2. The maximum absolute atomic E-state index is 11.9. The summed E-state index contributed by atoms with van der Waals surface area (Å²) in [7, 11) is 2.14. The van der Waals surface area contributed by atoms with E-state index in [1.54, 1.807) is 0 Å². The molecule has 1 amide bonds. The van der Waals surface area contributed by atoms with E-state index in [9.17, 15) is 4.79 Å². The molecule has 116 valence electrons. The predicted octanol–water partition coefficient (Wildman–Crippen LogP) is 0.354. The van der Waals surface area contributed by atoms with E-state index in [-0.39, 0.29) is 0 Å². The molecule has 0 aliphatic carbocycles. The second-order valence-corrected chi connectivity index (χ2v) is 5.95. The molecule has 0 radical (unpaired) electrons. The van der Waals surface area contributed by atoms with Crippen molar-refractivity contribution in [2.75, 3.05) is 39.8 Å². The van der Waals surface area contributed by atoms with Gasteiger partial charge >= 0.3 is 0 Å². The standard InChI is InChI=1S/C16H26N4O/c1-19-9-5-10-20(13-12-19)11-8-16(18,15(17)21)14-6-3-2-4-7-14/h2-4,6-7H,5,8-13,18H2,1H3,(H2,17,21). The van der Waals surface area contributed by atoms with Gasteiger partial charge in [-0.2, -0.15) is 0 Å². The highest BCUT2D eigenvalue weighted by Gasteiger charge is 2.34. The van der Waals surface area contributed by atoms with Crippen LogP contribution in [0.15, 0.2) is 30.3 Å². The largest absolute Gasteiger partial charge is 0.368 e. The lowest BCUT2D eigenvalue weighted by atomic mass is 9.86. The Morgan fingerprint density at radius 1 is 1.19 bits per heavy atom. The molecule has 1 aliphatic heterocycles. The van der Waals surface area contributed by atoms with Crippen LogP contribution >= 0.6 is 0 Å². The van der Waals surface area contributed by atoms with Crippen LogP contribution in [0.4, 0.5) is 0 Å². The summed E-state index contributed by atoms with van der Waals surface area (Å²) in [6.07, 6.45) is 1.70. The summed E-state index contributed by atoms with van der Waals surface area (Å²) in [6, 6.07) is 9.44. The van der Waals surface area contributed by atoms with Crippen molar-refractivity contribution in [2.45, 2.75) is 18.4 Å². The Labute approximate surface area is 126 Å². The molecule has 1 heterocycles. The number of hydrogen-bond acceptors (Lipinski definition) is 4. The minimum atomic E-state index is -1.08. The zero-order chi connectivity index (χ0) is 15.3. The maximum Gasteiger partial charge on any atom is 0.242 e. The summed E-state index contributed by atoms with van der Waals surface area (Å²) in [5, 5.41) is 0. The molecular formula is C16H26N4O. The van der Waals surface area contributed by atoms with Gasteiger partial charge in [-0.1, -0.05) is 30.3 Å². The van der Waals surface area contributed by atoms with Crippen LogP contribution < -0.4 is 11.5 Å². The lowest BCUT2D eigenvalue weighted by molar-refractivity contribution is -0.123. The Bertz CT molecular complexity index is 465. The van der Waals surface area contributed by atoms with Crippen molar-refractivity contribution < 1.29 is 4.79 Å². The summed E-state index contributed by atoms with van der Waals surface area (Å²) >= 11 is 0. The second-order valence-electron chi connectivity index (χ2n) is 5.95. The smallest absolute Gasteiger partial charge is 0.242 e. The SMILES string of the molecule is CN1CCCN(CCC(N)(C(N)=O)c2ccccc2)CC1. The van der Waals surface area contributed by atoms with Crippen molar-refractivity contribution >= 4 is 5.91 Å². The fraction of sp³-hybridized carbons (Fsp3) is 0.562. The highest BCUT2D eigenvalue weighted by molar-refractivity contribution is 5.85. The third-order valence-electron chi connectivity index (χ3n) is 4.36. The molecular weight excluding hydrogens is 264 g/mol. The van der Waals surface area contributed by atoms with Crippen molar-refractivity contribution in [3.63, 3.8) is 0 Å². The van der Waals surface area contributed by atoms with Gasteiger partial charge in [0.15, 0.2) is 0 Å². The number of likely N-dealkylation sites (N-methyl/N-ethyl adjacent to an activating group) is 1. The van der Waals surface area contributed by atoms with Crippen molar-refractivity contribution in [1.82, 2.24) is 9.80 Å². The van der Waals surface area contributed by atoms with Crippen LogP contribution in [0.2, 0.25) is 0 Å². The molecule has 5 heteroatoms. The van der Waals surface area contributed by atoms with E-state index in [0.717, 1.165) is 44.7 Å². The van der Waals surface area contributed by atoms with Gasteiger partial charge < -0.3 is 21.3 Å². The summed E-state index contributed by atoms with van der Waals surface area (Å²) in [4.78, 5) is 16.6. The van der Waals surface area contributed by atoms with Crippen molar-refractivity contribution in [1.29, 1.82) is 0 Å². The molecule has 0 spiro atoms. The first-order valence-electron chi connectivity index (χ1n) is 7.57. The molecule has 1 aliphatic rings. The average molecular weight is 290 g/mol. The van der Waals surface area contributed by atoms with Gasteiger partial charge in [-0.25, -0.2) is 0 Å². The normalized spacial score (nSPS) is 20.7. The number of benzene rings is 1. The van der Waals surface area contributed by atoms with Gasteiger partial charge in [0, 0.05) is 19.6 Å². The van der Waals surface area contributed by atoms with E-state index >= 15 is 0 Å². The molecule has 0 saturated carbocycles. The number of carbonyl (C=O) groups is 1. The number of nitrogens with zero attached hydrogens (tertiary/aromatic N) is 2. The highest BCUT2D eigenvalue weighted by Crippen LogP contribution is 2.22. The molecule has 0 bridgehead atoms. The van der Waals surface area contributed by atoms with Gasteiger partial charge in [-0.15, -0.1) is 0 Å². The van der Waals surface area contributed by atoms with Gasteiger partial charge in [0.25, 0.3) is 0 Å². The Hall–Kier alpha value is -1.43. The first-order chi connectivity index (χ1) is 10.0. The van der Waals surface area contributed by atoms with Gasteiger partial charge in [0.05, 0.1) is 0 Å². The van der Waals surface area contributed by atoms with Gasteiger partial charge in [0.1, 0.15) is 5.54 Å². The van der Waals surface area contributed by atoms with Gasteiger partial charge in [-0.05, 0) is 38.5 Å². The molecule has 1 aromatic carbocycles. The Morgan fingerprint density at radius 2 is 1.90 bits per heavy atom. The molecule has 1 saturated heterocycles. The average Bonchev–Trinajstić information content (AvgIpc) is 2.70. The topological polar surface area (TPSA) is 75.6 Å². The lowest BCUT2D eigenvalue weighted by Crippen LogP contribution is -2.51. The van der Waals surface area contributed by atoms with Crippen molar-refractivity contribution in [2.24, 2.45) is 11.5 Å². The van der Waals surface area contributed by atoms with E-state index in [1.807, 2.05) is 30.3 Å². The fourth-order valence-corrected chi connectivity index (χ4v) is 2.80. The number of amides is 1. The minimum absolute atomic E-state index is 0.458. The van der Waals surface area contributed by atoms with Crippen LogP contribution in [0.3, 0.4) is 0 Å². The van der Waals surface area contributed by atoms with E-state index in [4.69, 9.17) is 11.5 Å². The zero-order valence-corrected chi connectivity index (χ0v) is 12.8. The lowest BCUT2D eigenvalue weighted by Gasteiger charge is -2.30. The molecule has 21 heavy (non-hydrogen) atoms. The Morgan fingerprint density at radius 3 is 2.57 bits per heavy atom. The number of primary amides is 1. The van der Waals surface area contributed by atoms with Crippen LogP contribution in [0, 0.1) is 0 Å². The number of rotatable bonds is 5. The van der Waals surface area contributed by atoms with E-state index in [1.165, 1.54) is 0 Å². The molecule has 1 fully saturated rings. The minimum Gasteiger partial charge on any atom is -0.368 e. The summed E-state index contributed by atoms with van der Waals surface area (Å²) in [5.41, 5.74) is 11.6. The van der Waals surface area contributed by atoms with E-state index in [2.05, 4.69) is 16.8 Å².